The summed E-state index contributed by atoms with van der Waals surface area (Å²) in [5.74, 6) is 0.114. The molecular formula is C18H14N6O3. The lowest BCUT2D eigenvalue weighted by atomic mass is 10.2. The summed E-state index contributed by atoms with van der Waals surface area (Å²) in [5, 5.41) is 18.6. The van der Waals surface area contributed by atoms with Crippen LogP contribution in [-0.4, -0.2) is 31.1 Å². The number of amides is 1. The Morgan fingerprint density at radius 2 is 2.00 bits per heavy atom. The molecule has 9 nitrogen and oxygen atoms in total. The maximum Gasteiger partial charge on any atom is 0.277 e. The smallest absolute Gasteiger partial charge is 0.277 e. The fourth-order valence-electron chi connectivity index (χ4n) is 2.63. The quantitative estimate of drug-likeness (QED) is 0.576. The summed E-state index contributed by atoms with van der Waals surface area (Å²) in [7, 11) is 0. The summed E-state index contributed by atoms with van der Waals surface area (Å²) in [5.41, 5.74) is 1.54. The fourth-order valence-corrected chi connectivity index (χ4v) is 2.63. The third-order valence-corrected chi connectivity index (χ3v) is 3.93. The molecule has 27 heavy (non-hydrogen) atoms. The molecule has 0 aliphatic rings. The molecule has 2 heterocycles. The highest BCUT2D eigenvalue weighted by Crippen LogP contribution is 2.20. The van der Waals surface area contributed by atoms with Gasteiger partial charge in [-0.3, -0.25) is 9.59 Å². The van der Waals surface area contributed by atoms with Crippen molar-refractivity contribution in [2.75, 3.05) is 5.32 Å². The van der Waals surface area contributed by atoms with E-state index in [4.69, 9.17) is 4.42 Å². The van der Waals surface area contributed by atoms with Crippen molar-refractivity contribution >= 4 is 22.5 Å². The van der Waals surface area contributed by atoms with Crippen LogP contribution in [0.3, 0.4) is 0 Å². The van der Waals surface area contributed by atoms with Crippen molar-refractivity contribution in [2.45, 2.75) is 13.0 Å². The zero-order valence-corrected chi connectivity index (χ0v) is 14.1. The van der Waals surface area contributed by atoms with E-state index >= 15 is 0 Å². The number of hydrogen-bond acceptors (Lipinski definition) is 7. The Kier molecular flexibility index (Phi) is 4.40. The normalized spacial score (nSPS) is 10.8. The second-order valence-electron chi connectivity index (χ2n) is 5.76. The second-order valence-corrected chi connectivity index (χ2v) is 5.76. The summed E-state index contributed by atoms with van der Waals surface area (Å²) in [4.78, 5) is 24.6. The zero-order valence-electron chi connectivity index (χ0n) is 14.1. The molecule has 4 rings (SSSR count). The lowest BCUT2D eigenvalue weighted by Crippen LogP contribution is -2.26. The molecule has 0 saturated carbocycles. The molecule has 9 heteroatoms. The Morgan fingerprint density at radius 1 is 1.11 bits per heavy atom. The SMILES string of the molecule is O=C(CCn1nnc2ccccc2c1=O)Nc1cccc(-c2nnco2)c1. The largest absolute Gasteiger partial charge is 0.423 e. The van der Waals surface area contributed by atoms with Crippen LogP contribution in [0, 0.1) is 0 Å². The second kappa shape index (κ2) is 7.16. The number of anilines is 1. The zero-order chi connectivity index (χ0) is 18.6. The molecule has 0 radical (unpaired) electrons. The van der Waals surface area contributed by atoms with E-state index < -0.39 is 0 Å². The summed E-state index contributed by atoms with van der Waals surface area (Å²) in [6, 6.07) is 14.0. The number of carbonyl (C=O) groups excluding carboxylic acids is 1. The van der Waals surface area contributed by atoms with Crippen molar-refractivity contribution < 1.29 is 9.21 Å². The van der Waals surface area contributed by atoms with E-state index in [0.717, 1.165) is 0 Å². The van der Waals surface area contributed by atoms with E-state index in [1.54, 1.807) is 48.5 Å². The van der Waals surface area contributed by atoms with Gasteiger partial charge in [-0.2, -0.15) is 0 Å². The van der Waals surface area contributed by atoms with Crippen LogP contribution >= 0.6 is 0 Å². The maximum absolute atomic E-state index is 12.4. The van der Waals surface area contributed by atoms with Gasteiger partial charge >= 0.3 is 0 Å². The highest BCUT2D eigenvalue weighted by atomic mass is 16.4. The van der Waals surface area contributed by atoms with Crippen molar-refractivity contribution in [3.05, 3.63) is 65.3 Å². The van der Waals surface area contributed by atoms with Crippen LogP contribution < -0.4 is 10.9 Å². The summed E-state index contributed by atoms with van der Waals surface area (Å²) in [6.07, 6.45) is 1.32. The number of aryl methyl sites for hydroxylation is 1. The van der Waals surface area contributed by atoms with Gasteiger partial charge in [0.05, 0.1) is 11.9 Å². The Balaban J connectivity index is 1.44. The van der Waals surface area contributed by atoms with Crippen LogP contribution in [0.4, 0.5) is 5.69 Å². The molecule has 1 N–H and O–H groups in total. The molecule has 2 aromatic heterocycles. The molecule has 0 aliphatic carbocycles. The summed E-state index contributed by atoms with van der Waals surface area (Å²) >= 11 is 0. The number of rotatable bonds is 5. The van der Waals surface area contributed by atoms with Gasteiger partial charge in [-0.15, -0.1) is 15.3 Å². The van der Waals surface area contributed by atoms with Crippen LogP contribution in [0.25, 0.3) is 22.4 Å². The number of aromatic nitrogens is 5. The predicted molar refractivity (Wildman–Crippen MR) is 96.8 cm³/mol. The Labute approximate surface area is 152 Å². The van der Waals surface area contributed by atoms with E-state index in [1.165, 1.54) is 11.1 Å². The van der Waals surface area contributed by atoms with E-state index in [0.29, 0.717) is 28.0 Å². The molecule has 4 aromatic rings. The lowest BCUT2D eigenvalue weighted by molar-refractivity contribution is -0.116. The molecule has 1 amide bonds. The molecule has 2 aromatic carbocycles. The Bertz CT molecular complexity index is 1150. The van der Waals surface area contributed by atoms with Gasteiger partial charge in [0, 0.05) is 17.7 Å². The molecule has 0 unspecified atom stereocenters. The minimum Gasteiger partial charge on any atom is -0.423 e. The molecule has 134 valence electrons. The van der Waals surface area contributed by atoms with Gasteiger partial charge < -0.3 is 9.73 Å². The summed E-state index contributed by atoms with van der Waals surface area (Å²) < 4.78 is 6.34. The first kappa shape index (κ1) is 16.6. The van der Waals surface area contributed by atoms with Gasteiger partial charge in [-0.25, -0.2) is 4.68 Å². The number of benzene rings is 2. The predicted octanol–water partition coefficient (Wildman–Crippen LogP) is 1.87. The molecule has 0 aliphatic heterocycles. The standard InChI is InChI=1S/C18H14N6O3/c25-16(20-13-5-3-4-12(10-13)17-22-19-11-27-17)8-9-24-18(26)14-6-1-2-7-15(14)21-23-24/h1-7,10-11H,8-9H2,(H,20,25). The number of nitrogens with one attached hydrogen (secondary N) is 1. The van der Waals surface area contributed by atoms with Crippen LogP contribution in [-0.2, 0) is 11.3 Å². The first-order chi connectivity index (χ1) is 13.2. The Morgan fingerprint density at radius 3 is 2.85 bits per heavy atom. The van der Waals surface area contributed by atoms with Gasteiger partial charge in [0.15, 0.2) is 0 Å². The maximum atomic E-state index is 12.4. The van der Waals surface area contributed by atoms with Gasteiger partial charge in [0.1, 0.15) is 5.52 Å². The molecule has 0 fully saturated rings. The topological polar surface area (TPSA) is 116 Å². The van der Waals surface area contributed by atoms with Crippen molar-refractivity contribution in [3.63, 3.8) is 0 Å². The average molecular weight is 362 g/mol. The van der Waals surface area contributed by atoms with Crippen molar-refractivity contribution in [1.82, 2.24) is 25.2 Å². The summed E-state index contributed by atoms with van der Waals surface area (Å²) in [6.45, 7) is 0.131. The van der Waals surface area contributed by atoms with Gasteiger partial charge in [-0.1, -0.05) is 23.4 Å². The van der Waals surface area contributed by atoms with Crippen molar-refractivity contribution in [3.8, 4) is 11.5 Å². The highest BCUT2D eigenvalue weighted by Gasteiger charge is 2.09. The van der Waals surface area contributed by atoms with Crippen LogP contribution in [0.15, 0.2) is 64.1 Å². The average Bonchev–Trinajstić information content (AvgIpc) is 3.23. The third-order valence-electron chi connectivity index (χ3n) is 3.93. The fraction of sp³-hybridized carbons (Fsp3) is 0.111. The molecule has 0 spiro atoms. The van der Waals surface area contributed by atoms with E-state index in [1.807, 2.05) is 0 Å². The molecule has 0 saturated heterocycles. The third kappa shape index (κ3) is 3.56. The number of hydrogen-bond donors (Lipinski definition) is 1. The lowest BCUT2D eigenvalue weighted by Gasteiger charge is -2.07. The van der Waals surface area contributed by atoms with Gasteiger partial charge in [0.25, 0.3) is 5.56 Å². The first-order valence-corrected chi connectivity index (χ1v) is 8.20. The van der Waals surface area contributed by atoms with E-state index in [2.05, 4.69) is 25.8 Å². The highest BCUT2D eigenvalue weighted by molar-refractivity contribution is 5.91. The minimum atomic E-state index is -0.271. The van der Waals surface area contributed by atoms with Gasteiger partial charge in [-0.05, 0) is 30.3 Å². The number of nitrogens with zero attached hydrogens (tertiary/aromatic N) is 5. The minimum absolute atomic E-state index is 0.0811. The number of carbonyl (C=O) groups is 1. The number of fused-ring (bicyclic) bond motifs is 1. The molecular weight excluding hydrogens is 348 g/mol. The Hall–Kier alpha value is -3.88. The van der Waals surface area contributed by atoms with Crippen molar-refractivity contribution in [2.24, 2.45) is 0 Å². The van der Waals surface area contributed by atoms with Crippen LogP contribution in [0.5, 0.6) is 0 Å². The molecule has 0 bridgehead atoms. The van der Waals surface area contributed by atoms with E-state index in [9.17, 15) is 9.59 Å². The van der Waals surface area contributed by atoms with E-state index in [-0.39, 0.29) is 24.4 Å². The molecule has 0 atom stereocenters. The van der Waals surface area contributed by atoms with Crippen LogP contribution in [0.2, 0.25) is 0 Å². The monoisotopic (exact) mass is 362 g/mol. The van der Waals surface area contributed by atoms with Crippen molar-refractivity contribution in [1.29, 1.82) is 0 Å². The van der Waals surface area contributed by atoms with Gasteiger partial charge in [0.2, 0.25) is 18.2 Å². The van der Waals surface area contributed by atoms with Crippen LogP contribution in [0.1, 0.15) is 6.42 Å². The first-order valence-electron chi connectivity index (χ1n) is 8.20.